The average molecular weight is 695 g/mol. The normalized spacial score (nSPS) is 13.9. The first-order chi connectivity index (χ1) is 22.7. The number of benzene rings is 4. The molecule has 4 aromatic carbocycles. The van der Waals surface area contributed by atoms with Crippen molar-refractivity contribution in [1.82, 2.24) is 10.2 Å². The van der Waals surface area contributed by atoms with E-state index in [4.69, 9.17) is 27.9 Å². The summed E-state index contributed by atoms with van der Waals surface area (Å²) in [5, 5.41) is 3.78. The lowest BCUT2D eigenvalue weighted by atomic mass is 10.1. The number of carbonyl (C=O) groups excluding carboxylic acids is 2. The van der Waals surface area contributed by atoms with Crippen molar-refractivity contribution >= 4 is 50.7 Å². The third kappa shape index (κ3) is 8.46. The maximum absolute atomic E-state index is 14.4. The van der Waals surface area contributed by atoms with Crippen molar-refractivity contribution in [3.8, 4) is 11.5 Å². The van der Waals surface area contributed by atoms with Crippen LogP contribution >= 0.6 is 23.2 Å². The fraction of sp³-hybridized carbons (Fsp3) is 0.278. The van der Waals surface area contributed by atoms with Crippen LogP contribution in [0.3, 0.4) is 0 Å². The smallest absolute Gasteiger partial charge is 0.264 e. The number of para-hydroxylation sites is 1. The molecule has 0 radical (unpaired) electrons. The summed E-state index contributed by atoms with van der Waals surface area (Å²) >= 11 is 13.1. The van der Waals surface area contributed by atoms with Crippen molar-refractivity contribution < 1.29 is 22.7 Å². The predicted molar refractivity (Wildman–Crippen MR) is 185 cm³/mol. The topological polar surface area (TPSA) is 96.0 Å². The molecule has 1 saturated carbocycles. The first-order valence-corrected chi connectivity index (χ1v) is 17.8. The van der Waals surface area contributed by atoms with E-state index in [1.54, 1.807) is 60.7 Å². The number of nitrogens with one attached hydrogen (secondary N) is 1. The minimum Gasteiger partial charge on any atom is -0.457 e. The summed E-state index contributed by atoms with van der Waals surface area (Å²) in [7, 11) is -4.22. The molecule has 1 N–H and O–H groups in total. The van der Waals surface area contributed by atoms with Crippen LogP contribution in [0, 0.1) is 0 Å². The van der Waals surface area contributed by atoms with Crippen LogP contribution in [0.15, 0.2) is 108 Å². The number of carbonyl (C=O) groups is 2. The Morgan fingerprint density at radius 2 is 1.40 bits per heavy atom. The quantitative estimate of drug-likeness (QED) is 0.154. The van der Waals surface area contributed by atoms with Crippen molar-refractivity contribution in [3.05, 3.63) is 119 Å². The number of amides is 2. The Hall–Kier alpha value is -4.05. The number of anilines is 1. The molecule has 1 atom stereocenters. The van der Waals surface area contributed by atoms with E-state index in [-0.39, 0.29) is 29.1 Å². The number of rotatable bonds is 13. The van der Waals surface area contributed by atoms with Gasteiger partial charge in [-0.2, -0.15) is 0 Å². The Morgan fingerprint density at radius 3 is 2.00 bits per heavy atom. The molecule has 1 fully saturated rings. The van der Waals surface area contributed by atoms with E-state index in [0.29, 0.717) is 33.5 Å². The molecular weight excluding hydrogens is 657 g/mol. The van der Waals surface area contributed by atoms with Crippen LogP contribution in [0.25, 0.3) is 0 Å². The number of nitrogens with zero attached hydrogens (tertiary/aromatic N) is 2. The molecule has 0 heterocycles. The Morgan fingerprint density at radius 1 is 0.830 bits per heavy atom. The molecule has 8 nitrogen and oxygen atoms in total. The van der Waals surface area contributed by atoms with Gasteiger partial charge in [0.15, 0.2) is 0 Å². The van der Waals surface area contributed by atoms with Crippen LogP contribution in [-0.4, -0.2) is 43.8 Å². The highest BCUT2D eigenvalue weighted by molar-refractivity contribution is 7.92. The first-order valence-electron chi connectivity index (χ1n) is 15.6. The molecule has 11 heteroatoms. The number of hydrogen-bond acceptors (Lipinski definition) is 5. The molecule has 0 aromatic heterocycles. The monoisotopic (exact) mass is 693 g/mol. The van der Waals surface area contributed by atoms with E-state index in [1.165, 1.54) is 17.0 Å². The van der Waals surface area contributed by atoms with Gasteiger partial charge in [-0.05, 0) is 79.9 Å². The molecule has 0 aliphatic heterocycles. The zero-order valence-corrected chi connectivity index (χ0v) is 28.3. The Bertz CT molecular complexity index is 1750. The van der Waals surface area contributed by atoms with E-state index in [9.17, 15) is 18.0 Å². The number of sulfonamides is 1. The highest BCUT2D eigenvalue weighted by Gasteiger charge is 2.35. The first kappa shape index (κ1) is 34.3. The summed E-state index contributed by atoms with van der Waals surface area (Å²) < 4.78 is 35.2. The van der Waals surface area contributed by atoms with E-state index >= 15 is 0 Å². The highest BCUT2D eigenvalue weighted by Crippen LogP contribution is 2.31. The van der Waals surface area contributed by atoms with Crippen molar-refractivity contribution in [2.24, 2.45) is 0 Å². The molecule has 5 rings (SSSR count). The van der Waals surface area contributed by atoms with Crippen LogP contribution in [0.4, 0.5) is 5.69 Å². The van der Waals surface area contributed by atoms with Gasteiger partial charge in [-0.25, -0.2) is 8.42 Å². The van der Waals surface area contributed by atoms with Crippen molar-refractivity contribution in [2.75, 3.05) is 10.8 Å². The van der Waals surface area contributed by atoms with Crippen LogP contribution in [-0.2, 0) is 26.2 Å². The molecule has 0 spiro atoms. The molecule has 0 unspecified atom stereocenters. The van der Waals surface area contributed by atoms with Gasteiger partial charge in [0.05, 0.1) is 10.6 Å². The lowest BCUT2D eigenvalue weighted by molar-refractivity contribution is -0.140. The summed E-state index contributed by atoms with van der Waals surface area (Å²) in [6, 6.07) is 27.7. The molecule has 47 heavy (non-hydrogen) atoms. The maximum atomic E-state index is 14.4. The van der Waals surface area contributed by atoms with Crippen molar-refractivity contribution in [1.29, 1.82) is 0 Å². The molecule has 1 aliphatic carbocycles. The fourth-order valence-corrected chi connectivity index (χ4v) is 7.65. The third-order valence-corrected chi connectivity index (χ3v) is 10.7. The van der Waals surface area contributed by atoms with Crippen LogP contribution < -0.4 is 14.4 Å². The average Bonchev–Trinajstić information content (AvgIpc) is 3.59. The van der Waals surface area contributed by atoms with Gasteiger partial charge in [-0.15, -0.1) is 0 Å². The van der Waals surface area contributed by atoms with Gasteiger partial charge in [0, 0.05) is 28.2 Å². The summed E-state index contributed by atoms with van der Waals surface area (Å²) in [5.41, 5.74) is 0.720. The lowest BCUT2D eigenvalue weighted by Crippen LogP contribution is -2.53. The summed E-state index contributed by atoms with van der Waals surface area (Å²) in [5.74, 6) is 0.238. The van der Waals surface area contributed by atoms with Gasteiger partial charge in [-0.1, -0.05) is 85.4 Å². The van der Waals surface area contributed by atoms with E-state index in [1.807, 2.05) is 37.3 Å². The second-order valence-electron chi connectivity index (χ2n) is 11.4. The summed E-state index contributed by atoms with van der Waals surface area (Å²) in [4.78, 5) is 29.5. The van der Waals surface area contributed by atoms with E-state index < -0.39 is 28.5 Å². The molecule has 0 saturated heterocycles. The molecule has 2 amide bonds. The third-order valence-electron chi connectivity index (χ3n) is 8.19. The van der Waals surface area contributed by atoms with E-state index in [2.05, 4.69) is 5.32 Å². The molecule has 0 bridgehead atoms. The minimum absolute atomic E-state index is 0.0177. The Kier molecular flexibility index (Phi) is 11.4. The second kappa shape index (κ2) is 15.7. The van der Waals surface area contributed by atoms with Crippen molar-refractivity contribution in [2.45, 2.75) is 62.6 Å². The number of hydrogen-bond donors (Lipinski definition) is 1. The summed E-state index contributed by atoms with van der Waals surface area (Å²) in [6.45, 7) is 1.15. The maximum Gasteiger partial charge on any atom is 0.264 e. The standard InChI is InChI=1S/C36H37Cl2N3O5S/c1-2-34(36(43)39-26-12-9-10-13-26)40(24-31-32(37)18-11-19-33(31)38)35(42)25-41(47(44,45)30-16-7-4-8-17-30)27-20-22-29(23-21-27)46-28-14-5-3-6-15-28/h3-8,11,14-23,26,34H,2,9-10,12-13,24-25H2,1H3,(H,39,43)/t34-/m1/s1. The van der Waals surface area contributed by atoms with Gasteiger partial charge in [-0.3, -0.25) is 13.9 Å². The van der Waals surface area contributed by atoms with E-state index in [0.717, 1.165) is 30.0 Å². The Balaban J connectivity index is 1.50. The van der Waals surface area contributed by atoms with Gasteiger partial charge in [0.1, 0.15) is 24.1 Å². The fourth-order valence-electron chi connectivity index (χ4n) is 5.69. The Labute approximate surface area is 286 Å². The lowest BCUT2D eigenvalue weighted by Gasteiger charge is -2.34. The zero-order chi connectivity index (χ0) is 33.4. The SMILES string of the molecule is CC[C@H](C(=O)NC1CCCC1)N(Cc1c(Cl)cccc1Cl)C(=O)CN(c1ccc(Oc2ccccc2)cc1)S(=O)(=O)c1ccccc1. The van der Waals surface area contributed by atoms with Crippen molar-refractivity contribution in [3.63, 3.8) is 0 Å². The highest BCUT2D eigenvalue weighted by atomic mass is 35.5. The molecule has 4 aromatic rings. The summed E-state index contributed by atoms with van der Waals surface area (Å²) in [6.07, 6.45) is 4.10. The van der Waals surface area contributed by atoms with Crippen LogP contribution in [0.2, 0.25) is 10.0 Å². The van der Waals surface area contributed by atoms with Gasteiger partial charge in [0.2, 0.25) is 11.8 Å². The minimum atomic E-state index is -4.22. The van der Waals surface area contributed by atoms with Gasteiger partial charge >= 0.3 is 0 Å². The zero-order valence-electron chi connectivity index (χ0n) is 26.0. The van der Waals surface area contributed by atoms with Crippen LogP contribution in [0.5, 0.6) is 11.5 Å². The number of ether oxygens (including phenoxy) is 1. The predicted octanol–water partition coefficient (Wildman–Crippen LogP) is 7.85. The molecule has 1 aliphatic rings. The molecular formula is C36H37Cl2N3O5S. The van der Waals surface area contributed by atoms with Gasteiger partial charge < -0.3 is 15.0 Å². The van der Waals surface area contributed by atoms with Crippen LogP contribution in [0.1, 0.15) is 44.6 Å². The second-order valence-corrected chi connectivity index (χ2v) is 14.0. The largest absolute Gasteiger partial charge is 0.457 e. The van der Waals surface area contributed by atoms with Gasteiger partial charge in [0.25, 0.3) is 10.0 Å². The number of halogens is 2. The molecule has 246 valence electrons.